The summed E-state index contributed by atoms with van der Waals surface area (Å²) in [6, 6.07) is 2.63. The Balaban J connectivity index is 2.15. The molecule has 0 aromatic carbocycles. The van der Waals surface area contributed by atoms with Crippen LogP contribution in [0.15, 0.2) is 10.7 Å². The second kappa shape index (κ2) is 5.34. The van der Waals surface area contributed by atoms with E-state index in [0.717, 1.165) is 22.2 Å². The lowest BCUT2D eigenvalue weighted by Gasteiger charge is -2.35. The number of aryl methyl sites for hydroxylation is 1. The molecule has 0 radical (unpaired) electrons. The van der Waals surface area contributed by atoms with E-state index in [2.05, 4.69) is 44.8 Å². The van der Waals surface area contributed by atoms with Crippen LogP contribution < -0.4 is 4.90 Å². The minimum atomic E-state index is 0.625. The van der Waals surface area contributed by atoms with Gasteiger partial charge in [0.25, 0.3) is 0 Å². The molecule has 3 nitrogen and oxygen atoms in total. The molecule has 2 unspecified atom stereocenters. The number of rotatable bonds is 2. The Morgan fingerprint density at radius 1 is 1.35 bits per heavy atom. The van der Waals surface area contributed by atoms with Crippen LogP contribution in [0.25, 0.3) is 0 Å². The van der Waals surface area contributed by atoms with Crippen molar-refractivity contribution in [2.24, 2.45) is 5.92 Å². The molecule has 0 spiro atoms. The summed E-state index contributed by atoms with van der Waals surface area (Å²) in [5, 5.41) is 0. The Morgan fingerprint density at radius 2 is 2.12 bits per heavy atom. The molecule has 4 heteroatoms. The largest absolute Gasteiger partial charge is 0.357 e. The molecule has 1 aromatic rings. The summed E-state index contributed by atoms with van der Waals surface area (Å²) in [4.78, 5) is 11.1. The minimum Gasteiger partial charge on any atom is -0.357 e. The van der Waals surface area contributed by atoms with Gasteiger partial charge in [0.05, 0.1) is 0 Å². The number of anilines is 1. The number of hydrogen-bond donors (Lipinski definition) is 0. The van der Waals surface area contributed by atoms with Gasteiger partial charge in [-0.3, -0.25) is 0 Å². The molecule has 0 aliphatic heterocycles. The Kier molecular flexibility index (Phi) is 4.02. The van der Waals surface area contributed by atoms with Crippen LogP contribution in [0.2, 0.25) is 0 Å². The number of nitrogens with zero attached hydrogens (tertiary/aromatic N) is 3. The highest BCUT2D eigenvalue weighted by Crippen LogP contribution is 2.29. The predicted molar refractivity (Wildman–Crippen MR) is 74.3 cm³/mol. The third-order valence-electron chi connectivity index (χ3n) is 3.61. The fourth-order valence-electron chi connectivity index (χ4n) is 2.64. The van der Waals surface area contributed by atoms with Crippen LogP contribution in [0.3, 0.4) is 0 Å². The molecule has 1 aliphatic rings. The van der Waals surface area contributed by atoms with Crippen molar-refractivity contribution in [2.45, 2.75) is 45.6 Å². The first-order valence-corrected chi connectivity index (χ1v) is 7.09. The maximum absolute atomic E-state index is 4.52. The van der Waals surface area contributed by atoms with Gasteiger partial charge in [0, 0.05) is 19.2 Å². The maximum Gasteiger partial charge on any atom is 0.133 e. The van der Waals surface area contributed by atoms with Gasteiger partial charge in [-0.25, -0.2) is 9.97 Å². The van der Waals surface area contributed by atoms with Gasteiger partial charge in [0.2, 0.25) is 0 Å². The monoisotopic (exact) mass is 297 g/mol. The van der Waals surface area contributed by atoms with E-state index in [-0.39, 0.29) is 0 Å². The molecule has 1 saturated carbocycles. The van der Waals surface area contributed by atoms with E-state index in [1.54, 1.807) is 0 Å². The van der Waals surface area contributed by atoms with E-state index < -0.39 is 0 Å². The summed E-state index contributed by atoms with van der Waals surface area (Å²) in [5.74, 6) is 2.69. The van der Waals surface area contributed by atoms with Gasteiger partial charge in [-0.05, 0) is 41.6 Å². The summed E-state index contributed by atoms with van der Waals surface area (Å²) in [6.45, 7) is 4.28. The SMILES string of the molecule is Cc1nc(Br)cc(N(C)C2CCCC(C)C2)n1. The van der Waals surface area contributed by atoms with Crippen molar-refractivity contribution < 1.29 is 0 Å². The molecule has 1 aliphatic carbocycles. The first-order valence-electron chi connectivity index (χ1n) is 6.30. The van der Waals surface area contributed by atoms with Crippen LogP contribution in [-0.2, 0) is 0 Å². The molecule has 1 fully saturated rings. The Hall–Kier alpha value is -0.640. The lowest BCUT2D eigenvalue weighted by molar-refractivity contribution is 0.335. The second-order valence-corrected chi connectivity index (χ2v) is 5.95. The van der Waals surface area contributed by atoms with E-state index >= 15 is 0 Å². The third kappa shape index (κ3) is 3.18. The van der Waals surface area contributed by atoms with E-state index in [1.807, 2.05) is 13.0 Å². The van der Waals surface area contributed by atoms with Crippen LogP contribution in [0.4, 0.5) is 5.82 Å². The van der Waals surface area contributed by atoms with Crippen molar-refractivity contribution in [3.8, 4) is 0 Å². The van der Waals surface area contributed by atoms with E-state index in [1.165, 1.54) is 25.7 Å². The summed E-state index contributed by atoms with van der Waals surface area (Å²) in [7, 11) is 2.15. The van der Waals surface area contributed by atoms with Gasteiger partial charge >= 0.3 is 0 Å². The Labute approximate surface area is 112 Å². The molecule has 0 amide bonds. The topological polar surface area (TPSA) is 29.0 Å². The highest BCUT2D eigenvalue weighted by Gasteiger charge is 2.23. The fourth-order valence-corrected chi connectivity index (χ4v) is 3.10. The van der Waals surface area contributed by atoms with Gasteiger partial charge < -0.3 is 4.90 Å². The van der Waals surface area contributed by atoms with Gasteiger partial charge in [-0.15, -0.1) is 0 Å². The minimum absolute atomic E-state index is 0.625. The standard InChI is InChI=1S/C13H20BrN3/c1-9-5-4-6-11(7-9)17(3)13-8-12(14)15-10(2)16-13/h8-9,11H,4-7H2,1-3H3. The van der Waals surface area contributed by atoms with Gasteiger partial charge in [0.15, 0.2) is 0 Å². The fraction of sp³-hybridized carbons (Fsp3) is 0.692. The molecule has 0 bridgehead atoms. The highest BCUT2D eigenvalue weighted by atomic mass is 79.9. The average molecular weight is 298 g/mol. The molecule has 0 saturated heterocycles. The van der Waals surface area contributed by atoms with Crippen LogP contribution in [-0.4, -0.2) is 23.1 Å². The van der Waals surface area contributed by atoms with Crippen LogP contribution in [0, 0.1) is 12.8 Å². The first-order chi connectivity index (χ1) is 8.06. The molecular weight excluding hydrogens is 278 g/mol. The van der Waals surface area contributed by atoms with E-state index in [4.69, 9.17) is 0 Å². The van der Waals surface area contributed by atoms with E-state index in [9.17, 15) is 0 Å². The molecule has 1 heterocycles. The van der Waals surface area contributed by atoms with Crippen molar-refractivity contribution in [2.75, 3.05) is 11.9 Å². The summed E-state index contributed by atoms with van der Waals surface area (Å²) in [6.07, 6.45) is 5.26. The lowest BCUT2D eigenvalue weighted by Crippen LogP contribution is -2.36. The van der Waals surface area contributed by atoms with Crippen molar-refractivity contribution >= 4 is 21.7 Å². The summed E-state index contributed by atoms with van der Waals surface area (Å²) < 4.78 is 0.871. The maximum atomic E-state index is 4.52. The Bertz CT molecular complexity index is 374. The highest BCUT2D eigenvalue weighted by molar-refractivity contribution is 9.10. The molecule has 2 atom stereocenters. The smallest absolute Gasteiger partial charge is 0.133 e. The third-order valence-corrected chi connectivity index (χ3v) is 4.02. The predicted octanol–water partition coefficient (Wildman–Crippen LogP) is 3.56. The van der Waals surface area contributed by atoms with Crippen LogP contribution >= 0.6 is 15.9 Å². The quantitative estimate of drug-likeness (QED) is 0.782. The van der Waals surface area contributed by atoms with Gasteiger partial charge in [-0.2, -0.15) is 0 Å². The molecule has 1 aromatic heterocycles. The summed E-state index contributed by atoms with van der Waals surface area (Å²) in [5.41, 5.74) is 0. The normalized spacial score (nSPS) is 24.7. The zero-order chi connectivity index (χ0) is 12.4. The summed E-state index contributed by atoms with van der Waals surface area (Å²) >= 11 is 3.44. The Morgan fingerprint density at radius 3 is 2.76 bits per heavy atom. The van der Waals surface area contributed by atoms with Crippen LogP contribution in [0.5, 0.6) is 0 Å². The molecule has 0 N–H and O–H groups in total. The lowest BCUT2D eigenvalue weighted by atomic mass is 9.86. The molecule has 94 valence electrons. The first kappa shape index (κ1) is 12.8. The van der Waals surface area contributed by atoms with Crippen molar-refractivity contribution in [3.63, 3.8) is 0 Å². The van der Waals surface area contributed by atoms with Crippen molar-refractivity contribution in [1.29, 1.82) is 0 Å². The van der Waals surface area contributed by atoms with Crippen molar-refractivity contribution in [1.82, 2.24) is 9.97 Å². The van der Waals surface area contributed by atoms with Gasteiger partial charge in [0.1, 0.15) is 16.2 Å². The average Bonchev–Trinajstić information content (AvgIpc) is 2.26. The molecular formula is C13H20BrN3. The van der Waals surface area contributed by atoms with E-state index in [0.29, 0.717) is 6.04 Å². The number of halogens is 1. The second-order valence-electron chi connectivity index (χ2n) is 5.13. The van der Waals surface area contributed by atoms with Crippen molar-refractivity contribution in [3.05, 3.63) is 16.5 Å². The van der Waals surface area contributed by atoms with Crippen LogP contribution in [0.1, 0.15) is 38.4 Å². The molecule has 17 heavy (non-hydrogen) atoms. The molecule has 2 rings (SSSR count). The zero-order valence-electron chi connectivity index (χ0n) is 10.8. The zero-order valence-corrected chi connectivity index (χ0v) is 12.4. The van der Waals surface area contributed by atoms with Gasteiger partial charge in [-0.1, -0.05) is 19.8 Å². The number of hydrogen-bond acceptors (Lipinski definition) is 3. The number of aromatic nitrogens is 2.